The first-order valence-electron chi connectivity index (χ1n) is 5.67. The van der Waals surface area contributed by atoms with Crippen LogP contribution in [0, 0.1) is 0 Å². The van der Waals surface area contributed by atoms with Crippen LogP contribution in [0.25, 0.3) is 0 Å². The Morgan fingerprint density at radius 1 is 1.33 bits per heavy atom. The number of halogens is 1. The summed E-state index contributed by atoms with van der Waals surface area (Å²) in [7, 11) is 0. The molecule has 0 aromatic heterocycles. The molecular weight excluding hydrogens is 254 g/mol. The highest BCUT2D eigenvalue weighted by atomic mass is 35.5. The van der Waals surface area contributed by atoms with Gasteiger partial charge in [0.1, 0.15) is 0 Å². The van der Waals surface area contributed by atoms with E-state index in [9.17, 15) is 4.79 Å². The van der Waals surface area contributed by atoms with Crippen molar-refractivity contribution in [2.75, 3.05) is 26.3 Å². The second-order valence-electron chi connectivity index (χ2n) is 3.83. The molecule has 0 atom stereocenters. The summed E-state index contributed by atoms with van der Waals surface area (Å²) >= 11 is 5.76. The third kappa shape index (κ3) is 3.72. The molecule has 2 rings (SSSR count). The van der Waals surface area contributed by atoms with Crippen LogP contribution in [0.3, 0.4) is 0 Å². The van der Waals surface area contributed by atoms with Crippen LogP contribution in [0.4, 0.5) is 4.79 Å². The maximum atomic E-state index is 11.7. The molecule has 0 spiro atoms. The molecule has 0 aliphatic carbocycles. The Hall–Kier alpha value is -1.59. The Morgan fingerprint density at radius 3 is 2.67 bits per heavy atom. The van der Waals surface area contributed by atoms with Gasteiger partial charge in [-0.05, 0) is 17.7 Å². The lowest BCUT2D eigenvalue weighted by Gasteiger charge is -2.25. The van der Waals surface area contributed by atoms with Gasteiger partial charge in [-0.2, -0.15) is 5.10 Å². The normalized spacial score (nSPS) is 15.9. The molecule has 0 unspecified atom stereocenters. The summed E-state index contributed by atoms with van der Waals surface area (Å²) in [6, 6.07) is 6.99. The zero-order valence-electron chi connectivity index (χ0n) is 9.80. The molecule has 1 aromatic carbocycles. The molecule has 1 fully saturated rings. The van der Waals surface area contributed by atoms with Crippen molar-refractivity contribution < 1.29 is 9.53 Å². The minimum Gasteiger partial charge on any atom is -0.378 e. The van der Waals surface area contributed by atoms with E-state index in [0.29, 0.717) is 31.3 Å². The van der Waals surface area contributed by atoms with E-state index in [4.69, 9.17) is 16.3 Å². The molecule has 1 aromatic rings. The van der Waals surface area contributed by atoms with E-state index in [1.807, 2.05) is 12.1 Å². The molecule has 0 bridgehead atoms. The summed E-state index contributed by atoms with van der Waals surface area (Å²) in [6.45, 7) is 2.35. The van der Waals surface area contributed by atoms with Gasteiger partial charge >= 0.3 is 6.03 Å². The van der Waals surface area contributed by atoms with Crippen LogP contribution < -0.4 is 5.43 Å². The fourth-order valence-corrected chi connectivity index (χ4v) is 1.67. The molecular formula is C12H14ClN3O2. The first-order valence-corrected chi connectivity index (χ1v) is 6.05. The first-order chi connectivity index (χ1) is 8.75. The quantitative estimate of drug-likeness (QED) is 0.655. The Kier molecular flexibility index (Phi) is 4.55. The van der Waals surface area contributed by atoms with Crippen molar-refractivity contribution in [3.05, 3.63) is 34.9 Å². The van der Waals surface area contributed by atoms with Crippen LogP contribution in [0.5, 0.6) is 0 Å². The number of morpholine rings is 1. The van der Waals surface area contributed by atoms with E-state index in [1.165, 1.54) is 0 Å². The SMILES string of the molecule is O=C(NN=Cc1ccc(Cl)cc1)N1CCOCC1. The lowest BCUT2D eigenvalue weighted by molar-refractivity contribution is 0.0533. The minimum absolute atomic E-state index is 0.205. The van der Waals surface area contributed by atoms with Crippen LogP contribution in [0.2, 0.25) is 5.02 Å². The Bertz CT molecular complexity index is 427. The number of ether oxygens (including phenoxy) is 1. The average molecular weight is 268 g/mol. The van der Waals surface area contributed by atoms with E-state index in [-0.39, 0.29) is 6.03 Å². The van der Waals surface area contributed by atoms with Gasteiger partial charge in [-0.3, -0.25) is 0 Å². The molecule has 2 amide bonds. The van der Waals surface area contributed by atoms with Crippen LogP contribution >= 0.6 is 11.6 Å². The molecule has 1 aliphatic rings. The highest BCUT2D eigenvalue weighted by Crippen LogP contribution is 2.07. The van der Waals surface area contributed by atoms with E-state index in [1.54, 1.807) is 23.2 Å². The van der Waals surface area contributed by atoms with Gasteiger partial charge in [0, 0.05) is 18.1 Å². The van der Waals surface area contributed by atoms with Crippen LogP contribution in [0.15, 0.2) is 29.4 Å². The van der Waals surface area contributed by atoms with Crippen LogP contribution in [-0.4, -0.2) is 43.4 Å². The summed E-state index contributed by atoms with van der Waals surface area (Å²) in [5.41, 5.74) is 3.36. The van der Waals surface area contributed by atoms with Crippen molar-refractivity contribution in [3.63, 3.8) is 0 Å². The summed E-state index contributed by atoms with van der Waals surface area (Å²) in [5, 5.41) is 4.57. The Labute approximate surface area is 110 Å². The maximum absolute atomic E-state index is 11.7. The fourth-order valence-electron chi connectivity index (χ4n) is 1.55. The topological polar surface area (TPSA) is 53.9 Å². The number of hydrogen-bond donors (Lipinski definition) is 1. The fraction of sp³-hybridized carbons (Fsp3) is 0.333. The molecule has 1 aliphatic heterocycles. The molecule has 5 nitrogen and oxygen atoms in total. The number of hydrogen-bond acceptors (Lipinski definition) is 3. The van der Waals surface area contributed by atoms with Gasteiger partial charge in [-0.15, -0.1) is 0 Å². The maximum Gasteiger partial charge on any atom is 0.337 e. The second-order valence-corrected chi connectivity index (χ2v) is 4.26. The van der Waals surface area contributed by atoms with Gasteiger partial charge < -0.3 is 9.64 Å². The van der Waals surface area contributed by atoms with Crippen molar-refractivity contribution in [2.24, 2.45) is 5.10 Å². The standard InChI is InChI=1S/C12H14ClN3O2/c13-11-3-1-10(2-4-11)9-14-15-12(17)16-5-7-18-8-6-16/h1-4,9H,5-8H2,(H,15,17). The molecule has 6 heteroatoms. The highest BCUT2D eigenvalue weighted by molar-refractivity contribution is 6.30. The van der Waals surface area contributed by atoms with E-state index < -0.39 is 0 Å². The lowest BCUT2D eigenvalue weighted by Crippen LogP contribution is -2.44. The summed E-state index contributed by atoms with van der Waals surface area (Å²) < 4.78 is 5.16. The third-order valence-corrected chi connectivity index (χ3v) is 2.79. The number of benzene rings is 1. The zero-order chi connectivity index (χ0) is 12.8. The lowest BCUT2D eigenvalue weighted by atomic mass is 10.2. The van der Waals surface area contributed by atoms with Crippen LogP contribution in [-0.2, 0) is 4.74 Å². The van der Waals surface area contributed by atoms with Gasteiger partial charge in [-0.25, -0.2) is 10.2 Å². The van der Waals surface area contributed by atoms with Gasteiger partial charge in [0.05, 0.1) is 19.4 Å². The van der Waals surface area contributed by atoms with Crippen molar-refractivity contribution >= 4 is 23.8 Å². The third-order valence-electron chi connectivity index (χ3n) is 2.54. The summed E-state index contributed by atoms with van der Waals surface area (Å²) in [4.78, 5) is 13.3. The number of amides is 2. The summed E-state index contributed by atoms with van der Waals surface area (Å²) in [6.07, 6.45) is 1.58. The molecule has 1 N–H and O–H groups in total. The van der Waals surface area contributed by atoms with E-state index in [0.717, 1.165) is 5.56 Å². The monoisotopic (exact) mass is 267 g/mol. The molecule has 1 heterocycles. The number of urea groups is 1. The van der Waals surface area contributed by atoms with Crippen molar-refractivity contribution in [3.8, 4) is 0 Å². The number of carbonyl (C=O) groups is 1. The van der Waals surface area contributed by atoms with Gasteiger partial charge in [0.2, 0.25) is 0 Å². The van der Waals surface area contributed by atoms with Crippen LogP contribution in [0.1, 0.15) is 5.56 Å². The van der Waals surface area contributed by atoms with Gasteiger partial charge in [0.15, 0.2) is 0 Å². The zero-order valence-corrected chi connectivity index (χ0v) is 10.6. The molecule has 0 saturated carbocycles. The summed E-state index contributed by atoms with van der Waals surface area (Å²) in [5.74, 6) is 0. The van der Waals surface area contributed by atoms with E-state index >= 15 is 0 Å². The first kappa shape index (κ1) is 12.9. The molecule has 1 saturated heterocycles. The molecule has 96 valence electrons. The highest BCUT2D eigenvalue weighted by Gasteiger charge is 2.15. The second kappa shape index (κ2) is 6.37. The number of nitrogens with one attached hydrogen (secondary N) is 1. The number of hydrazone groups is 1. The largest absolute Gasteiger partial charge is 0.378 e. The number of rotatable bonds is 2. The number of carbonyl (C=O) groups excluding carboxylic acids is 1. The van der Waals surface area contributed by atoms with E-state index in [2.05, 4.69) is 10.5 Å². The Morgan fingerprint density at radius 2 is 2.00 bits per heavy atom. The minimum atomic E-state index is -0.205. The average Bonchev–Trinajstić information content (AvgIpc) is 2.42. The Balaban J connectivity index is 1.83. The predicted molar refractivity (Wildman–Crippen MR) is 70.0 cm³/mol. The molecule has 18 heavy (non-hydrogen) atoms. The number of nitrogens with zero attached hydrogens (tertiary/aromatic N) is 2. The van der Waals surface area contributed by atoms with Crippen molar-refractivity contribution in [1.82, 2.24) is 10.3 Å². The van der Waals surface area contributed by atoms with Gasteiger partial charge in [-0.1, -0.05) is 23.7 Å². The smallest absolute Gasteiger partial charge is 0.337 e. The van der Waals surface area contributed by atoms with Gasteiger partial charge in [0.25, 0.3) is 0 Å². The van der Waals surface area contributed by atoms with Crippen molar-refractivity contribution in [2.45, 2.75) is 0 Å². The van der Waals surface area contributed by atoms with Crippen molar-refractivity contribution in [1.29, 1.82) is 0 Å². The molecule has 0 radical (unpaired) electrons. The predicted octanol–water partition coefficient (Wildman–Crippen LogP) is 1.72.